The number of morpholine rings is 1. The summed E-state index contributed by atoms with van der Waals surface area (Å²) in [5.41, 5.74) is 2.31. The van der Waals surface area contributed by atoms with Gasteiger partial charge in [0.15, 0.2) is 0 Å². The number of aryl methyl sites for hydroxylation is 2. The Morgan fingerprint density at radius 2 is 1.79 bits per heavy atom. The number of nitrogens with zero attached hydrogens (tertiary/aromatic N) is 3. The Balaban J connectivity index is 2.08. The maximum atomic E-state index is 12.8. The zero-order valence-corrected chi connectivity index (χ0v) is 15.3. The maximum Gasteiger partial charge on any atom is 0.255 e. The number of rotatable bonds is 7. The predicted octanol–water partition coefficient (Wildman–Crippen LogP) is 1.69. The molecule has 1 amide bonds. The van der Waals surface area contributed by atoms with Gasteiger partial charge in [0.25, 0.3) is 5.91 Å². The normalized spacial score (nSPS) is 17.0. The van der Waals surface area contributed by atoms with Crippen LogP contribution in [-0.2, 0) is 17.6 Å². The fraction of sp³-hybridized carbons (Fsp3) is 0.722. The van der Waals surface area contributed by atoms with E-state index in [1.54, 1.807) is 6.33 Å². The first-order chi connectivity index (χ1) is 11.6. The second kappa shape index (κ2) is 9.08. The lowest BCUT2D eigenvalue weighted by Gasteiger charge is -2.37. The topological polar surface area (TPSA) is 67.4 Å². The van der Waals surface area contributed by atoms with Crippen molar-refractivity contribution in [1.29, 1.82) is 0 Å². The molecule has 6 heteroatoms. The maximum absolute atomic E-state index is 12.8. The standard InChI is InChI=1S/C18H30N4O2/c1-5-14-17(15(6-2)21-12-20-14)18(23)19-11-16(13(3)4)22-7-9-24-10-8-22/h12-13,16H,5-11H2,1-4H3,(H,19,23). The highest BCUT2D eigenvalue weighted by Crippen LogP contribution is 2.14. The van der Waals surface area contributed by atoms with Crippen LogP contribution in [0.5, 0.6) is 0 Å². The Hall–Kier alpha value is -1.53. The molecular formula is C18H30N4O2. The lowest BCUT2D eigenvalue weighted by atomic mass is 10.0. The molecule has 1 N–H and O–H groups in total. The van der Waals surface area contributed by atoms with Crippen molar-refractivity contribution in [2.75, 3.05) is 32.8 Å². The summed E-state index contributed by atoms with van der Waals surface area (Å²) in [6, 6.07) is 0.317. The molecule has 1 aromatic rings. The fourth-order valence-corrected chi connectivity index (χ4v) is 3.24. The Kier molecular flexibility index (Phi) is 7.12. The molecule has 0 aromatic carbocycles. The molecule has 1 aliphatic heterocycles. The summed E-state index contributed by atoms with van der Waals surface area (Å²) in [7, 11) is 0. The number of carbonyl (C=O) groups excluding carboxylic acids is 1. The van der Waals surface area contributed by atoms with Crippen LogP contribution in [0.25, 0.3) is 0 Å². The Morgan fingerprint density at radius 3 is 2.29 bits per heavy atom. The highest BCUT2D eigenvalue weighted by Gasteiger charge is 2.25. The molecule has 6 nitrogen and oxygen atoms in total. The molecule has 1 fully saturated rings. The van der Waals surface area contributed by atoms with Crippen LogP contribution in [0.1, 0.15) is 49.4 Å². The van der Waals surface area contributed by atoms with Crippen LogP contribution in [0, 0.1) is 5.92 Å². The molecule has 1 unspecified atom stereocenters. The molecule has 1 saturated heterocycles. The van der Waals surface area contributed by atoms with Crippen LogP contribution in [0.15, 0.2) is 6.33 Å². The van der Waals surface area contributed by atoms with Crippen molar-refractivity contribution in [1.82, 2.24) is 20.2 Å². The molecule has 0 bridgehead atoms. The van der Waals surface area contributed by atoms with Crippen LogP contribution in [0.4, 0.5) is 0 Å². The van der Waals surface area contributed by atoms with Gasteiger partial charge in [0.2, 0.25) is 0 Å². The van der Waals surface area contributed by atoms with Gasteiger partial charge in [-0.15, -0.1) is 0 Å². The SMILES string of the molecule is CCc1ncnc(CC)c1C(=O)NCC(C(C)C)N1CCOCC1. The van der Waals surface area contributed by atoms with Crippen LogP contribution in [0.2, 0.25) is 0 Å². The first kappa shape index (κ1) is 18.8. The van der Waals surface area contributed by atoms with Crippen molar-refractivity contribution >= 4 is 5.91 Å². The van der Waals surface area contributed by atoms with Crippen LogP contribution in [0.3, 0.4) is 0 Å². The summed E-state index contributed by atoms with van der Waals surface area (Å²) in [5.74, 6) is 0.412. The van der Waals surface area contributed by atoms with Gasteiger partial charge in [-0.05, 0) is 18.8 Å². The molecule has 1 aliphatic rings. The van der Waals surface area contributed by atoms with E-state index in [4.69, 9.17) is 4.74 Å². The molecule has 2 rings (SSSR count). The van der Waals surface area contributed by atoms with Gasteiger partial charge in [-0.25, -0.2) is 9.97 Å². The van der Waals surface area contributed by atoms with E-state index in [1.165, 1.54) is 0 Å². The number of hydrogen-bond acceptors (Lipinski definition) is 5. The summed E-state index contributed by atoms with van der Waals surface area (Å²) in [5, 5.41) is 3.13. The minimum absolute atomic E-state index is 0.0526. The second-order valence-electron chi connectivity index (χ2n) is 6.52. The molecule has 2 heterocycles. The lowest BCUT2D eigenvalue weighted by Crippen LogP contribution is -2.51. The first-order valence-corrected chi connectivity index (χ1v) is 9.01. The van der Waals surface area contributed by atoms with E-state index in [0.29, 0.717) is 24.1 Å². The van der Waals surface area contributed by atoms with Crippen molar-refractivity contribution in [3.05, 3.63) is 23.3 Å². The van der Waals surface area contributed by atoms with Crippen molar-refractivity contribution < 1.29 is 9.53 Å². The number of ether oxygens (including phenoxy) is 1. The summed E-state index contributed by atoms with van der Waals surface area (Å²) >= 11 is 0. The second-order valence-corrected chi connectivity index (χ2v) is 6.52. The molecule has 24 heavy (non-hydrogen) atoms. The summed E-state index contributed by atoms with van der Waals surface area (Å²) in [6.07, 6.45) is 3.02. The average molecular weight is 334 g/mol. The average Bonchev–Trinajstić information content (AvgIpc) is 2.61. The quantitative estimate of drug-likeness (QED) is 0.822. The van der Waals surface area contributed by atoms with E-state index in [-0.39, 0.29) is 5.91 Å². The number of amides is 1. The molecule has 1 aromatic heterocycles. The first-order valence-electron chi connectivity index (χ1n) is 9.01. The third kappa shape index (κ3) is 4.51. The fourth-order valence-electron chi connectivity index (χ4n) is 3.24. The van der Waals surface area contributed by atoms with E-state index >= 15 is 0 Å². The van der Waals surface area contributed by atoms with E-state index in [0.717, 1.165) is 50.5 Å². The third-order valence-corrected chi connectivity index (χ3v) is 4.66. The Bertz CT molecular complexity index is 520. The number of hydrogen-bond donors (Lipinski definition) is 1. The molecule has 1 atom stereocenters. The van der Waals surface area contributed by atoms with Crippen molar-refractivity contribution in [3.63, 3.8) is 0 Å². The molecule has 0 radical (unpaired) electrons. The monoisotopic (exact) mass is 334 g/mol. The minimum Gasteiger partial charge on any atom is -0.379 e. The van der Waals surface area contributed by atoms with Crippen molar-refractivity contribution in [3.8, 4) is 0 Å². The zero-order valence-electron chi connectivity index (χ0n) is 15.3. The molecule has 134 valence electrons. The predicted molar refractivity (Wildman–Crippen MR) is 94.1 cm³/mol. The summed E-state index contributed by atoms with van der Waals surface area (Å²) < 4.78 is 5.44. The molecule has 0 saturated carbocycles. The lowest BCUT2D eigenvalue weighted by molar-refractivity contribution is 0.00672. The summed E-state index contributed by atoms with van der Waals surface area (Å²) in [6.45, 7) is 12.5. The molecule has 0 aliphatic carbocycles. The molecular weight excluding hydrogens is 304 g/mol. The number of nitrogens with one attached hydrogen (secondary N) is 1. The van der Waals surface area contributed by atoms with E-state index in [1.807, 2.05) is 13.8 Å². The van der Waals surface area contributed by atoms with Crippen LogP contribution >= 0.6 is 0 Å². The smallest absolute Gasteiger partial charge is 0.255 e. The Morgan fingerprint density at radius 1 is 1.21 bits per heavy atom. The van der Waals surface area contributed by atoms with Gasteiger partial charge < -0.3 is 10.1 Å². The van der Waals surface area contributed by atoms with Gasteiger partial charge in [-0.2, -0.15) is 0 Å². The van der Waals surface area contributed by atoms with E-state index in [9.17, 15) is 4.79 Å². The molecule has 0 spiro atoms. The van der Waals surface area contributed by atoms with Crippen molar-refractivity contribution in [2.24, 2.45) is 5.92 Å². The van der Waals surface area contributed by atoms with Crippen molar-refractivity contribution in [2.45, 2.75) is 46.6 Å². The highest BCUT2D eigenvalue weighted by atomic mass is 16.5. The van der Waals surface area contributed by atoms with Gasteiger partial charge >= 0.3 is 0 Å². The minimum atomic E-state index is -0.0526. The third-order valence-electron chi connectivity index (χ3n) is 4.66. The van der Waals surface area contributed by atoms with Gasteiger partial charge in [0.05, 0.1) is 30.2 Å². The Labute approximate surface area is 145 Å². The largest absolute Gasteiger partial charge is 0.379 e. The highest BCUT2D eigenvalue weighted by molar-refractivity contribution is 5.96. The van der Waals surface area contributed by atoms with Gasteiger partial charge in [-0.3, -0.25) is 9.69 Å². The van der Waals surface area contributed by atoms with E-state index < -0.39 is 0 Å². The summed E-state index contributed by atoms with van der Waals surface area (Å²) in [4.78, 5) is 23.8. The van der Waals surface area contributed by atoms with Gasteiger partial charge in [-0.1, -0.05) is 27.7 Å². The van der Waals surface area contributed by atoms with Gasteiger partial charge in [0.1, 0.15) is 6.33 Å². The van der Waals surface area contributed by atoms with E-state index in [2.05, 4.69) is 34.0 Å². The number of aromatic nitrogens is 2. The van der Waals surface area contributed by atoms with Gasteiger partial charge in [0, 0.05) is 25.7 Å². The number of carbonyl (C=O) groups is 1. The van der Waals surface area contributed by atoms with Crippen LogP contribution in [-0.4, -0.2) is 59.7 Å². The zero-order chi connectivity index (χ0) is 17.5. The van der Waals surface area contributed by atoms with Crippen LogP contribution < -0.4 is 5.32 Å².